The fraction of sp³-hybridized carbons (Fsp3) is 0.868. The Bertz CT molecular complexity index is 603. The van der Waals surface area contributed by atoms with Crippen LogP contribution in [0, 0.1) is 0 Å². The molecule has 0 aromatic heterocycles. The van der Waals surface area contributed by atoms with E-state index in [0.29, 0.717) is 6.42 Å². The molecule has 0 saturated carbocycles. The van der Waals surface area contributed by atoms with Crippen LogP contribution < -0.4 is 5.32 Å². The van der Waals surface area contributed by atoms with Gasteiger partial charge in [-0.05, 0) is 38.5 Å². The van der Waals surface area contributed by atoms with Gasteiger partial charge < -0.3 is 15.5 Å². The maximum atomic E-state index is 12.2. The first-order chi connectivity index (χ1) is 20.7. The summed E-state index contributed by atoms with van der Waals surface area (Å²) in [7, 11) is 0. The van der Waals surface area contributed by atoms with E-state index in [-0.39, 0.29) is 12.5 Å². The van der Waals surface area contributed by atoms with E-state index in [1.165, 1.54) is 135 Å². The fourth-order valence-corrected chi connectivity index (χ4v) is 5.53. The summed E-state index contributed by atoms with van der Waals surface area (Å²) < 4.78 is 0. The van der Waals surface area contributed by atoms with E-state index in [1.54, 1.807) is 6.08 Å². The largest absolute Gasteiger partial charge is 0.394 e. The van der Waals surface area contributed by atoms with Crippen LogP contribution >= 0.6 is 0 Å². The van der Waals surface area contributed by atoms with Crippen molar-refractivity contribution in [3.05, 3.63) is 24.3 Å². The third-order valence-corrected chi connectivity index (χ3v) is 8.41. The molecule has 1 amide bonds. The number of rotatable bonds is 33. The van der Waals surface area contributed by atoms with E-state index in [0.717, 1.165) is 38.5 Å². The highest BCUT2D eigenvalue weighted by Gasteiger charge is 2.17. The highest BCUT2D eigenvalue weighted by atomic mass is 16.3. The molecule has 3 N–H and O–H groups in total. The van der Waals surface area contributed by atoms with Crippen molar-refractivity contribution in [1.82, 2.24) is 5.32 Å². The number of nitrogens with one attached hydrogen (secondary N) is 1. The summed E-state index contributed by atoms with van der Waals surface area (Å²) in [5.41, 5.74) is 0. The van der Waals surface area contributed by atoms with E-state index < -0.39 is 12.1 Å². The molecule has 0 aromatic carbocycles. The Morgan fingerprint density at radius 2 is 0.952 bits per heavy atom. The highest BCUT2D eigenvalue weighted by Crippen LogP contribution is 2.15. The molecule has 2 unspecified atom stereocenters. The molecule has 42 heavy (non-hydrogen) atoms. The number of allylic oxidation sites excluding steroid dienone is 3. The van der Waals surface area contributed by atoms with Gasteiger partial charge in [0.1, 0.15) is 0 Å². The molecule has 0 aliphatic carbocycles. The second-order valence-corrected chi connectivity index (χ2v) is 12.6. The molecule has 248 valence electrons. The monoisotopic (exact) mass is 592 g/mol. The van der Waals surface area contributed by atoms with Crippen LogP contribution in [0.1, 0.15) is 194 Å². The van der Waals surface area contributed by atoms with Crippen LogP contribution in [0.5, 0.6) is 0 Å². The third kappa shape index (κ3) is 30.3. The van der Waals surface area contributed by atoms with Crippen molar-refractivity contribution in [3.63, 3.8) is 0 Å². The molecule has 0 bridgehead atoms. The molecule has 0 aliphatic rings. The molecule has 4 nitrogen and oxygen atoms in total. The van der Waals surface area contributed by atoms with E-state index in [9.17, 15) is 15.0 Å². The maximum Gasteiger partial charge on any atom is 0.220 e. The summed E-state index contributed by atoms with van der Waals surface area (Å²) >= 11 is 0. The first-order valence-electron chi connectivity index (χ1n) is 18.6. The predicted octanol–water partition coefficient (Wildman–Crippen LogP) is 10.9. The number of carbonyl (C=O) groups is 1. The lowest BCUT2D eigenvalue weighted by atomic mass is 10.0. The molecule has 0 fully saturated rings. The summed E-state index contributed by atoms with van der Waals surface area (Å²) in [6.45, 7) is 4.24. The summed E-state index contributed by atoms with van der Waals surface area (Å²) in [5.74, 6) is -0.0764. The van der Waals surface area contributed by atoms with Crippen molar-refractivity contribution in [1.29, 1.82) is 0 Å². The lowest BCUT2D eigenvalue weighted by Crippen LogP contribution is -2.45. The minimum absolute atomic E-state index is 0.0764. The fourth-order valence-electron chi connectivity index (χ4n) is 5.53. The number of aliphatic hydroxyl groups excluding tert-OH is 2. The topological polar surface area (TPSA) is 69.6 Å². The van der Waals surface area contributed by atoms with Gasteiger partial charge in [-0.1, -0.05) is 173 Å². The van der Waals surface area contributed by atoms with Gasteiger partial charge in [-0.2, -0.15) is 0 Å². The SMILES string of the molecule is CCC/C=C\CCCCCCCC(=O)NC(CO)C(O)/C=C/CCCCCCCCCCCCCCCCCCCC. The molecule has 4 heteroatoms. The van der Waals surface area contributed by atoms with Gasteiger partial charge in [0.05, 0.1) is 18.8 Å². The van der Waals surface area contributed by atoms with Gasteiger partial charge >= 0.3 is 0 Å². The summed E-state index contributed by atoms with van der Waals surface area (Å²) in [6.07, 6.45) is 42.7. The number of unbranched alkanes of at least 4 members (excludes halogenated alkanes) is 24. The lowest BCUT2D eigenvalue weighted by Gasteiger charge is -2.20. The quantitative estimate of drug-likeness (QED) is 0.0525. The average molecular weight is 592 g/mol. The van der Waals surface area contributed by atoms with Crippen LogP contribution in [0.2, 0.25) is 0 Å². The van der Waals surface area contributed by atoms with Crippen molar-refractivity contribution in [3.8, 4) is 0 Å². The van der Waals surface area contributed by atoms with Gasteiger partial charge in [-0.25, -0.2) is 0 Å². The molecule has 0 radical (unpaired) electrons. The van der Waals surface area contributed by atoms with Crippen molar-refractivity contribution in [2.24, 2.45) is 0 Å². The van der Waals surface area contributed by atoms with Crippen molar-refractivity contribution in [2.75, 3.05) is 6.61 Å². The molecular formula is C38H73NO3. The average Bonchev–Trinajstić information content (AvgIpc) is 2.99. The van der Waals surface area contributed by atoms with Gasteiger partial charge in [0.25, 0.3) is 0 Å². The second kappa shape index (κ2) is 34.4. The Kier molecular flexibility index (Phi) is 33.4. The molecule has 0 heterocycles. The molecular weight excluding hydrogens is 518 g/mol. The van der Waals surface area contributed by atoms with E-state index in [4.69, 9.17) is 0 Å². The molecule has 0 spiro atoms. The van der Waals surface area contributed by atoms with Crippen LogP contribution in [-0.4, -0.2) is 34.9 Å². The highest BCUT2D eigenvalue weighted by molar-refractivity contribution is 5.76. The van der Waals surface area contributed by atoms with Crippen LogP contribution in [0.15, 0.2) is 24.3 Å². The minimum Gasteiger partial charge on any atom is -0.394 e. The summed E-state index contributed by atoms with van der Waals surface area (Å²) in [5, 5.41) is 22.8. The molecule has 0 saturated heterocycles. The first kappa shape index (κ1) is 40.9. The van der Waals surface area contributed by atoms with Crippen LogP contribution in [0.3, 0.4) is 0 Å². The van der Waals surface area contributed by atoms with Crippen LogP contribution in [0.25, 0.3) is 0 Å². The number of hydrogen-bond acceptors (Lipinski definition) is 3. The minimum atomic E-state index is -0.838. The van der Waals surface area contributed by atoms with Gasteiger partial charge in [-0.15, -0.1) is 0 Å². The van der Waals surface area contributed by atoms with Gasteiger partial charge in [-0.3, -0.25) is 4.79 Å². The third-order valence-electron chi connectivity index (χ3n) is 8.41. The van der Waals surface area contributed by atoms with Gasteiger partial charge in [0.2, 0.25) is 5.91 Å². The number of amides is 1. The summed E-state index contributed by atoms with van der Waals surface area (Å²) in [6, 6.07) is -0.621. The Balaban J connectivity index is 3.57. The number of aliphatic hydroxyl groups is 2. The standard InChI is InChI=1S/C38H73NO3/c1-3-5-7-9-11-13-15-16-17-18-19-20-21-22-23-24-25-27-29-31-33-37(41)36(35-40)39-38(42)34-32-30-28-26-14-12-10-8-6-4-2/h8,10,31,33,36-37,40-41H,3-7,9,11-30,32,34-35H2,1-2H3,(H,39,42)/b10-8-,33-31+. The van der Waals surface area contributed by atoms with Gasteiger partial charge in [0, 0.05) is 6.42 Å². The smallest absolute Gasteiger partial charge is 0.220 e. The molecule has 0 aliphatic heterocycles. The molecule has 0 rings (SSSR count). The van der Waals surface area contributed by atoms with Crippen LogP contribution in [0.4, 0.5) is 0 Å². The zero-order valence-corrected chi connectivity index (χ0v) is 28.3. The second-order valence-electron chi connectivity index (χ2n) is 12.6. The van der Waals surface area contributed by atoms with Gasteiger partial charge in [0.15, 0.2) is 0 Å². The zero-order valence-electron chi connectivity index (χ0n) is 28.3. The normalized spacial score (nSPS) is 13.3. The predicted molar refractivity (Wildman–Crippen MR) is 184 cm³/mol. The lowest BCUT2D eigenvalue weighted by molar-refractivity contribution is -0.123. The summed E-state index contributed by atoms with van der Waals surface area (Å²) in [4.78, 5) is 12.2. The Labute approximate surface area is 262 Å². The van der Waals surface area contributed by atoms with Crippen molar-refractivity contribution < 1.29 is 15.0 Å². The maximum absolute atomic E-state index is 12.2. The Morgan fingerprint density at radius 3 is 1.40 bits per heavy atom. The van der Waals surface area contributed by atoms with E-state index >= 15 is 0 Å². The van der Waals surface area contributed by atoms with E-state index in [1.807, 2.05) is 6.08 Å². The molecule has 0 aromatic rings. The zero-order chi connectivity index (χ0) is 30.8. The number of hydrogen-bond donors (Lipinski definition) is 3. The van der Waals surface area contributed by atoms with Crippen molar-refractivity contribution in [2.45, 2.75) is 206 Å². The molecule has 2 atom stereocenters. The Morgan fingerprint density at radius 1 is 0.548 bits per heavy atom. The number of carbonyl (C=O) groups excluding carboxylic acids is 1. The van der Waals surface area contributed by atoms with E-state index in [2.05, 4.69) is 31.3 Å². The first-order valence-corrected chi connectivity index (χ1v) is 18.6. The van der Waals surface area contributed by atoms with Crippen molar-refractivity contribution >= 4 is 5.91 Å². The van der Waals surface area contributed by atoms with Crippen LogP contribution in [-0.2, 0) is 4.79 Å². The Hall–Kier alpha value is -1.13.